The summed E-state index contributed by atoms with van der Waals surface area (Å²) >= 11 is 0. The first-order valence-electron chi connectivity index (χ1n) is 5.59. The number of nitrogens with two attached hydrogens (primary N) is 1. The first-order chi connectivity index (χ1) is 8.90. The van der Waals surface area contributed by atoms with Gasteiger partial charge in [0.1, 0.15) is 4.90 Å². The van der Waals surface area contributed by atoms with Gasteiger partial charge in [0.05, 0.1) is 12.2 Å². The van der Waals surface area contributed by atoms with E-state index >= 15 is 0 Å². The third-order valence-corrected chi connectivity index (χ3v) is 4.08. The van der Waals surface area contributed by atoms with E-state index in [-0.39, 0.29) is 17.3 Å². The lowest BCUT2D eigenvalue weighted by atomic mass is 10.2. The van der Waals surface area contributed by atoms with Gasteiger partial charge in [-0.05, 0) is 18.6 Å². The zero-order chi connectivity index (χ0) is 14.0. The average Bonchev–Trinajstić information content (AvgIpc) is 2.68. The van der Waals surface area contributed by atoms with E-state index in [0.717, 1.165) is 5.56 Å². The van der Waals surface area contributed by atoms with E-state index in [1.807, 2.05) is 13.0 Å². The minimum absolute atomic E-state index is 0.0206. The fraction of sp³-hybridized carbons (Fsp3) is 0.273. The van der Waals surface area contributed by atoms with Crippen LogP contribution in [0.1, 0.15) is 11.3 Å². The molecule has 0 unspecified atom stereocenters. The third-order valence-electron chi connectivity index (χ3n) is 2.66. The first-order valence-corrected chi connectivity index (χ1v) is 7.08. The van der Waals surface area contributed by atoms with Gasteiger partial charge in [-0.15, -0.1) is 0 Å². The zero-order valence-electron chi connectivity index (χ0n) is 10.7. The molecular weight excluding hydrogens is 266 g/mol. The van der Waals surface area contributed by atoms with E-state index < -0.39 is 10.0 Å². The lowest BCUT2D eigenvalue weighted by molar-refractivity contribution is 0.580. The zero-order valence-corrected chi connectivity index (χ0v) is 11.5. The largest absolute Gasteiger partial charge is 0.381 e. The Morgan fingerprint density at radius 1 is 1.47 bits per heavy atom. The highest BCUT2D eigenvalue weighted by Gasteiger charge is 2.20. The molecule has 0 bridgehead atoms. The summed E-state index contributed by atoms with van der Waals surface area (Å²) in [5.74, 6) is -0.0206. The number of nitrogens with one attached hydrogen (secondary N) is 1. The van der Waals surface area contributed by atoms with Crippen LogP contribution < -0.4 is 10.5 Å². The van der Waals surface area contributed by atoms with E-state index in [1.54, 1.807) is 19.3 Å². The summed E-state index contributed by atoms with van der Waals surface area (Å²) in [6, 6.07) is 3.67. The molecule has 2 rings (SSSR count). The molecule has 8 heteroatoms. The second kappa shape index (κ2) is 4.98. The molecule has 0 aromatic carbocycles. The number of pyridine rings is 1. The van der Waals surface area contributed by atoms with Crippen LogP contribution in [0.25, 0.3) is 0 Å². The molecule has 0 radical (unpaired) electrons. The summed E-state index contributed by atoms with van der Waals surface area (Å²) in [5, 5.41) is 3.81. The normalized spacial score (nSPS) is 11.7. The number of anilines is 1. The van der Waals surface area contributed by atoms with E-state index in [4.69, 9.17) is 5.73 Å². The maximum absolute atomic E-state index is 12.1. The monoisotopic (exact) mass is 281 g/mol. The summed E-state index contributed by atoms with van der Waals surface area (Å²) in [5.41, 5.74) is 7.15. The van der Waals surface area contributed by atoms with Crippen LogP contribution in [0, 0.1) is 6.92 Å². The van der Waals surface area contributed by atoms with Crippen molar-refractivity contribution in [2.24, 2.45) is 7.05 Å². The summed E-state index contributed by atoms with van der Waals surface area (Å²) in [6.07, 6.45) is 2.98. The lowest BCUT2D eigenvalue weighted by Crippen LogP contribution is -2.24. The molecule has 7 nitrogen and oxygen atoms in total. The lowest BCUT2D eigenvalue weighted by Gasteiger charge is -2.06. The average molecular weight is 281 g/mol. The third kappa shape index (κ3) is 2.91. The minimum Gasteiger partial charge on any atom is -0.381 e. The number of hydrogen-bond acceptors (Lipinski definition) is 5. The van der Waals surface area contributed by atoms with E-state index in [2.05, 4.69) is 14.8 Å². The Bertz CT molecular complexity index is 693. The number of sulfonamides is 1. The maximum atomic E-state index is 12.1. The Morgan fingerprint density at radius 3 is 2.79 bits per heavy atom. The van der Waals surface area contributed by atoms with Crippen molar-refractivity contribution in [3.8, 4) is 0 Å². The second-order valence-corrected chi connectivity index (χ2v) is 5.88. The number of aromatic nitrogens is 3. The van der Waals surface area contributed by atoms with Gasteiger partial charge in [-0.2, -0.15) is 5.10 Å². The van der Waals surface area contributed by atoms with Gasteiger partial charge in [-0.3, -0.25) is 9.67 Å². The first kappa shape index (κ1) is 13.5. The van der Waals surface area contributed by atoms with Crippen molar-refractivity contribution >= 4 is 15.8 Å². The highest BCUT2D eigenvalue weighted by Crippen LogP contribution is 2.15. The van der Waals surface area contributed by atoms with Crippen LogP contribution in [0.2, 0.25) is 0 Å². The summed E-state index contributed by atoms with van der Waals surface area (Å²) in [7, 11) is -2.07. The molecule has 0 spiro atoms. The van der Waals surface area contributed by atoms with Crippen molar-refractivity contribution in [3.63, 3.8) is 0 Å². The molecule has 2 heterocycles. The van der Waals surface area contributed by atoms with Gasteiger partial charge < -0.3 is 5.73 Å². The number of nitrogen functional groups attached to an aromatic ring is 1. The molecule has 0 saturated heterocycles. The van der Waals surface area contributed by atoms with Crippen molar-refractivity contribution in [1.29, 1.82) is 0 Å². The van der Waals surface area contributed by atoms with Crippen molar-refractivity contribution in [2.45, 2.75) is 18.4 Å². The molecule has 3 N–H and O–H groups in total. The Morgan fingerprint density at radius 2 is 2.21 bits per heavy atom. The van der Waals surface area contributed by atoms with Crippen LogP contribution in [0.4, 0.5) is 5.82 Å². The number of aryl methyl sites for hydroxylation is 2. The number of nitrogens with zero attached hydrogens (tertiary/aromatic N) is 3. The van der Waals surface area contributed by atoms with Crippen molar-refractivity contribution < 1.29 is 8.42 Å². The Balaban J connectivity index is 2.19. The van der Waals surface area contributed by atoms with Gasteiger partial charge in [-0.1, -0.05) is 6.07 Å². The van der Waals surface area contributed by atoms with Gasteiger partial charge in [0.25, 0.3) is 0 Å². The molecular formula is C11H15N5O2S. The van der Waals surface area contributed by atoms with E-state index in [1.165, 1.54) is 10.9 Å². The molecule has 2 aromatic rings. The maximum Gasteiger partial charge on any atom is 0.246 e. The van der Waals surface area contributed by atoms with Crippen LogP contribution in [0.3, 0.4) is 0 Å². The summed E-state index contributed by atoms with van der Waals surface area (Å²) in [4.78, 5) is 4.10. The molecule has 0 aliphatic heterocycles. The molecule has 102 valence electrons. The van der Waals surface area contributed by atoms with Crippen molar-refractivity contribution in [1.82, 2.24) is 19.5 Å². The predicted molar refractivity (Wildman–Crippen MR) is 70.6 cm³/mol. The van der Waals surface area contributed by atoms with Gasteiger partial charge >= 0.3 is 0 Å². The van der Waals surface area contributed by atoms with E-state index in [0.29, 0.717) is 5.69 Å². The predicted octanol–water partition coefficient (Wildman–Crippen LogP) is 0.184. The smallest absolute Gasteiger partial charge is 0.246 e. The Labute approximate surface area is 111 Å². The van der Waals surface area contributed by atoms with Crippen molar-refractivity contribution in [2.75, 3.05) is 5.73 Å². The molecule has 19 heavy (non-hydrogen) atoms. The highest BCUT2D eigenvalue weighted by molar-refractivity contribution is 7.89. The minimum atomic E-state index is -3.68. The van der Waals surface area contributed by atoms with Crippen LogP contribution in [0.15, 0.2) is 29.4 Å². The molecule has 0 fully saturated rings. The molecule has 0 aliphatic carbocycles. The second-order valence-electron chi connectivity index (χ2n) is 4.14. The standard InChI is InChI=1S/C11H15N5O2S/c1-8-4-3-5-13-9(8)6-14-19(17,18)10-7-16(2)15-11(10)12/h3-5,7,14H,6H2,1-2H3,(H2,12,15). The highest BCUT2D eigenvalue weighted by atomic mass is 32.2. The summed E-state index contributed by atoms with van der Waals surface area (Å²) in [6.45, 7) is 1.98. The quantitative estimate of drug-likeness (QED) is 0.832. The topological polar surface area (TPSA) is 103 Å². The van der Waals surface area contributed by atoms with Crippen LogP contribution in [0.5, 0.6) is 0 Å². The van der Waals surface area contributed by atoms with Gasteiger partial charge in [0, 0.05) is 19.4 Å². The van der Waals surface area contributed by atoms with Gasteiger partial charge in [-0.25, -0.2) is 13.1 Å². The molecule has 0 amide bonds. The molecule has 2 aromatic heterocycles. The van der Waals surface area contributed by atoms with Gasteiger partial charge in [0.2, 0.25) is 10.0 Å². The summed E-state index contributed by atoms with van der Waals surface area (Å²) < 4.78 is 28.0. The van der Waals surface area contributed by atoms with Crippen LogP contribution >= 0.6 is 0 Å². The molecule has 0 atom stereocenters. The van der Waals surface area contributed by atoms with Crippen LogP contribution in [-0.4, -0.2) is 23.2 Å². The number of hydrogen-bond donors (Lipinski definition) is 2. The SMILES string of the molecule is Cc1cccnc1CNS(=O)(=O)c1cn(C)nc1N. The molecule has 0 aliphatic rings. The van der Waals surface area contributed by atoms with Crippen molar-refractivity contribution in [3.05, 3.63) is 35.8 Å². The van der Waals surface area contributed by atoms with E-state index in [9.17, 15) is 8.42 Å². The fourth-order valence-corrected chi connectivity index (χ4v) is 2.73. The van der Waals surface area contributed by atoms with Crippen LogP contribution in [-0.2, 0) is 23.6 Å². The van der Waals surface area contributed by atoms with Gasteiger partial charge in [0.15, 0.2) is 5.82 Å². The Hall–Kier alpha value is -1.93. The fourth-order valence-electron chi connectivity index (χ4n) is 1.64. The Kier molecular flexibility index (Phi) is 3.54. The number of rotatable bonds is 4. The molecule has 0 saturated carbocycles.